The van der Waals surface area contributed by atoms with Gasteiger partial charge in [-0.15, -0.1) is 0 Å². The molecule has 1 aromatic carbocycles. The fourth-order valence-corrected chi connectivity index (χ4v) is 0.666. The lowest BCUT2D eigenvalue weighted by Gasteiger charge is -1.94. The van der Waals surface area contributed by atoms with Crippen molar-refractivity contribution in [2.75, 3.05) is 0 Å². The van der Waals surface area contributed by atoms with E-state index in [0.717, 1.165) is 11.9 Å². The fourth-order valence-electron chi connectivity index (χ4n) is 0.520. The predicted octanol–water partition coefficient (Wildman–Crippen LogP) is 2.13. The first-order valence-corrected chi connectivity index (χ1v) is 4.49. The van der Waals surface area contributed by atoms with Crippen LogP contribution < -0.4 is 0 Å². The van der Waals surface area contributed by atoms with Crippen LogP contribution in [0.4, 0.5) is 0 Å². The van der Waals surface area contributed by atoms with Gasteiger partial charge in [0.1, 0.15) is 0 Å². The molecular weight excluding hydrogens is 220 g/mol. The third-order valence-electron chi connectivity index (χ3n) is 1.47. The summed E-state index contributed by atoms with van der Waals surface area (Å²) in [6, 6.07) is 9.44. The molecule has 15 heavy (non-hydrogen) atoms. The Morgan fingerprint density at radius 3 is 1.67 bits per heavy atom. The van der Waals surface area contributed by atoms with E-state index >= 15 is 0 Å². The summed E-state index contributed by atoms with van der Waals surface area (Å²) in [6.07, 6.45) is 0. The van der Waals surface area contributed by atoms with Crippen LogP contribution in [0.1, 0.15) is 6.92 Å². The molecule has 0 aliphatic carbocycles. The maximum absolute atomic E-state index is 9.76. The van der Waals surface area contributed by atoms with Gasteiger partial charge in [-0.05, 0) is 19.1 Å². The second-order valence-electron chi connectivity index (χ2n) is 2.69. The summed E-state index contributed by atoms with van der Waals surface area (Å²) >= 11 is 5.54. The van der Waals surface area contributed by atoms with E-state index in [0.29, 0.717) is 0 Å². The van der Waals surface area contributed by atoms with Crippen LogP contribution in [0.2, 0.25) is 5.02 Å². The van der Waals surface area contributed by atoms with Crippen molar-refractivity contribution in [2.24, 2.45) is 5.92 Å². The zero-order chi connectivity index (χ0) is 11.8. The minimum Gasteiger partial charge on any atom is -0.481 e. The zero-order valence-electron chi connectivity index (χ0n) is 8.05. The smallest absolute Gasteiger partial charge is 0.317 e. The minimum absolute atomic E-state index is 0.794. The number of rotatable bonds is 2. The van der Waals surface area contributed by atoms with E-state index in [1.807, 2.05) is 30.3 Å². The molecule has 2 N–H and O–H groups in total. The number of carbonyl (C=O) groups is 2. The molecule has 0 heterocycles. The highest BCUT2D eigenvalue weighted by Gasteiger charge is 2.18. The molecule has 0 saturated heterocycles. The fraction of sp³-hybridized carbons (Fsp3) is 0.200. The van der Waals surface area contributed by atoms with E-state index in [-0.39, 0.29) is 0 Å². The Labute approximate surface area is 92.1 Å². The summed E-state index contributed by atoms with van der Waals surface area (Å²) in [6.45, 7) is 1.12. The highest BCUT2D eigenvalue weighted by Crippen LogP contribution is 2.03. The first-order valence-electron chi connectivity index (χ1n) is 4.11. The Morgan fingerprint density at radius 1 is 1.13 bits per heavy atom. The summed E-state index contributed by atoms with van der Waals surface area (Å²) in [5, 5.41) is 16.7. The third-order valence-corrected chi connectivity index (χ3v) is 1.73. The molecule has 0 aromatic heterocycles. The molecule has 0 aliphatic heterocycles. The van der Waals surface area contributed by atoms with Crippen molar-refractivity contribution in [3.63, 3.8) is 0 Å². The number of benzene rings is 1. The molecule has 4 nitrogen and oxygen atoms in total. The first kappa shape index (κ1) is 13.4. The lowest BCUT2D eigenvalue weighted by Crippen LogP contribution is -2.19. The van der Waals surface area contributed by atoms with Gasteiger partial charge in [0, 0.05) is 5.02 Å². The highest BCUT2D eigenvalue weighted by atomic mass is 35.5. The van der Waals surface area contributed by atoms with Gasteiger partial charge in [-0.1, -0.05) is 29.8 Å². The number of carboxylic acids is 2. The average Bonchev–Trinajstić information content (AvgIpc) is 2.18. The predicted molar refractivity (Wildman–Crippen MR) is 55.9 cm³/mol. The SMILES string of the molecule is CC(C(=O)O)C(=O)O.Clc1ccccc1. The van der Waals surface area contributed by atoms with E-state index in [9.17, 15) is 9.59 Å². The monoisotopic (exact) mass is 230 g/mol. The van der Waals surface area contributed by atoms with E-state index < -0.39 is 17.9 Å². The summed E-state index contributed by atoms with van der Waals surface area (Å²) in [5.41, 5.74) is 0. The van der Waals surface area contributed by atoms with Gasteiger partial charge < -0.3 is 10.2 Å². The highest BCUT2D eigenvalue weighted by molar-refractivity contribution is 6.30. The van der Waals surface area contributed by atoms with Crippen LogP contribution in [0.15, 0.2) is 30.3 Å². The van der Waals surface area contributed by atoms with Gasteiger partial charge in [0.05, 0.1) is 0 Å². The largest absolute Gasteiger partial charge is 0.481 e. The molecule has 1 rings (SSSR count). The second-order valence-corrected chi connectivity index (χ2v) is 3.13. The third kappa shape index (κ3) is 6.51. The molecule has 0 fully saturated rings. The molecule has 0 bridgehead atoms. The molecule has 1 aromatic rings. The summed E-state index contributed by atoms with van der Waals surface area (Å²) in [5.74, 6) is -3.91. The van der Waals surface area contributed by atoms with Crippen molar-refractivity contribution in [1.29, 1.82) is 0 Å². The molecule has 5 heteroatoms. The van der Waals surface area contributed by atoms with Crippen LogP contribution in [0.25, 0.3) is 0 Å². The zero-order valence-corrected chi connectivity index (χ0v) is 8.81. The van der Waals surface area contributed by atoms with E-state index in [1.54, 1.807) is 0 Å². The number of carboxylic acid groups (broad SMARTS) is 2. The topological polar surface area (TPSA) is 74.6 Å². The van der Waals surface area contributed by atoms with Crippen LogP contribution >= 0.6 is 11.6 Å². The van der Waals surface area contributed by atoms with Crippen molar-refractivity contribution >= 4 is 23.5 Å². The Bertz CT molecular complexity index is 309. The average molecular weight is 231 g/mol. The Balaban J connectivity index is 0.000000262. The molecule has 0 radical (unpaired) electrons. The Kier molecular flexibility index (Phi) is 6.13. The quantitative estimate of drug-likeness (QED) is 0.764. The summed E-state index contributed by atoms with van der Waals surface area (Å²) in [7, 11) is 0. The van der Waals surface area contributed by atoms with Crippen molar-refractivity contribution in [3.8, 4) is 0 Å². The van der Waals surface area contributed by atoms with Crippen molar-refractivity contribution < 1.29 is 19.8 Å². The normalized spacial score (nSPS) is 9.00. The molecule has 0 unspecified atom stereocenters. The van der Waals surface area contributed by atoms with Crippen molar-refractivity contribution in [3.05, 3.63) is 35.4 Å². The van der Waals surface area contributed by atoms with Gasteiger partial charge in [-0.3, -0.25) is 9.59 Å². The maximum Gasteiger partial charge on any atom is 0.317 e. The molecule has 0 atom stereocenters. The van der Waals surface area contributed by atoms with Gasteiger partial charge in [0.2, 0.25) is 0 Å². The van der Waals surface area contributed by atoms with Gasteiger partial charge >= 0.3 is 11.9 Å². The second kappa shape index (κ2) is 6.84. The van der Waals surface area contributed by atoms with Crippen molar-refractivity contribution in [1.82, 2.24) is 0 Å². The Hall–Kier alpha value is -1.55. The number of aliphatic carboxylic acids is 2. The minimum atomic E-state index is -1.31. The first-order chi connectivity index (χ1) is 6.95. The lowest BCUT2D eigenvalue weighted by molar-refractivity contribution is -0.153. The molecule has 0 aliphatic rings. The van der Waals surface area contributed by atoms with E-state index in [1.165, 1.54) is 0 Å². The van der Waals surface area contributed by atoms with E-state index in [4.69, 9.17) is 21.8 Å². The summed E-state index contributed by atoms with van der Waals surface area (Å²) in [4.78, 5) is 19.5. The van der Waals surface area contributed by atoms with E-state index in [2.05, 4.69) is 0 Å². The lowest BCUT2D eigenvalue weighted by atomic mass is 10.2. The Morgan fingerprint density at radius 2 is 1.53 bits per heavy atom. The molecule has 82 valence electrons. The molecular formula is C10H11ClO4. The number of hydrogen-bond acceptors (Lipinski definition) is 2. The molecule has 0 spiro atoms. The number of hydrogen-bond donors (Lipinski definition) is 2. The van der Waals surface area contributed by atoms with Crippen molar-refractivity contribution in [2.45, 2.75) is 6.92 Å². The van der Waals surface area contributed by atoms with Crippen LogP contribution in [0.3, 0.4) is 0 Å². The van der Waals surface area contributed by atoms with Crippen LogP contribution in [0, 0.1) is 5.92 Å². The van der Waals surface area contributed by atoms with Gasteiger partial charge in [0.15, 0.2) is 5.92 Å². The number of halogens is 1. The van der Waals surface area contributed by atoms with Crippen LogP contribution in [0.5, 0.6) is 0 Å². The molecule has 0 saturated carbocycles. The summed E-state index contributed by atoms with van der Waals surface area (Å²) < 4.78 is 0. The van der Waals surface area contributed by atoms with Gasteiger partial charge in [0.25, 0.3) is 0 Å². The van der Waals surface area contributed by atoms with Gasteiger partial charge in [-0.25, -0.2) is 0 Å². The standard InChI is InChI=1S/C6H5Cl.C4H6O4/c7-6-4-2-1-3-5-6;1-2(3(5)6)4(7)8/h1-5H;2H,1H3,(H,5,6)(H,7,8). The maximum atomic E-state index is 9.76. The molecule has 0 amide bonds. The van der Waals surface area contributed by atoms with Crippen LogP contribution in [-0.4, -0.2) is 22.2 Å². The van der Waals surface area contributed by atoms with Gasteiger partial charge in [-0.2, -0.15) is 0 Å². The van der Waals surface area contributed by atoms with Crippen LogP contribution in [-0.2, 0) is 9.59 Å².